The Bertz CT molecular complexity index is 984. The lowest BCUT2D eigenvalue weighted by Gasteiger charge is -2.28. The molecule has 26 heavy (non-hydrogen) atoms. The molecular weight excluding hydrogens is 336 g/mol. The van der Waals surface area contributed by atoms with Crippen LogP contribution >= 0.6 is 0 Å². The van der Waals surface area contributed by atoms with Gasteiger partial charge in [-0.1, -0.05) is 6.07 Å². The average Bonchev–Trinajstić information content (AvgIpc) is 3.27. The highest BCUT2D eigenvalue weighted by molar-refractivity contribution is 5.86. The van der Waals surface area contributed by atoms with Crippen molar-refractivity contribution in [2.45, 2.75) is 12.8 Å². The third-order valence-electron chi connectivity index (χ3n) is 4.51. The minimum Gasteiger partial charge on any atom is -0.464 e. The number of nitrogens with zero attached hydrogens (tertiary/aromatic N) is 2. The highest BCUT2D eigenvalue weighted by Gasteiger charge is 2.19. The van der Waals surface area contributed by atoms with Gasteiger partial charge in [0.05, 0.1) is 25.1 Å². The van der Waals surface area contributed by atoms with E-state index in [0.29, 0.717) is 56.6 Å². The molecule has 0 unspecified atom stereocenters. The number of nitrogens with two attached hydrogens (primary N) is 1. The predicted molar refractivity (Wildman–Crippen MR) is 96.6 cm³/mol. The molecule has 8 nitrogen and oxygen atoms in total. The van der Waals surface area contributed by atoms with Crippen molar-refractivity contribution < 1.29 is 13.7 Å². The quantitative estimate of drug-likeness (QED) is 0.721. The molecule has 3 heterocycles. The van der Waals surface area contributed by atoms with E-state index in [0.717, 1.165) is 16.5 Å². The number of aliphatic imine (C=N–C) groups is 1. The summed E-state index contributed by atoms with van der Waals surface area (Å²) in [5.41, 5.74) is 7.97. The van der Waals surface area contributed by atoms with Crippen LogP contribution in [0.5, 0.6) is 0 Å². The van der Waals surface area contributed by atoms with Crippen molar-refractivity contribution in [2.75, 3.05) is 26.4 Å². The van der Waals surface area contributed by atoms with Gasteiger partial charge in [0.2, 0.25) is 0 Å². The third-order valence-corrected chi connectivity index (χ3v) is 4.51. The van der Waals surface area contributed by atoms with E-state index in [1.165, 1.54) is 0 Å². The Morgan fingerprint density at radius 3 is 3.08 bits per heavy atom. The summed E-state index contributed by atoms with van der Waals surface area (Å²) in [6.07, 6.45) is 2.88. The summed E-state index contributed by atoms with van der Waals surface area (Å²) >= 11 is 0. The lowest BCUT2D eigenvalue weighted by atomic mass is 10.0. The van der Waals surface area contributed by atoms with Crippen molar-refractivity contribution in [3.05, 3.63) is 52.0 Å². The molecule has 0 spiro atoms. The fourth-order valence-electron chi connectivity index (χ4n) is 3.04. The number of rotatable bonds is 5. The van der Waals surface area contributed by atoms with Gasteiger partial charge in [-0.25, -0.2) is 0 Å². The number of aromatic nitrogens is 1. The number of morpholine rings is 1. The van der Waals surface area contributed by atoms with E-state index in [1.807, 2.05) is 23.1 Å². The number of H-pyrrole nitrogens is 1. The molecule has 1 saturated heterocycles. The fraction of sp³-hybridized carbons (Fsp3) is 0.333. The van der Waals surface area contributed by atoms with Crippen molar-refractivity contribution in [1.29, 1.82) is 0 Å². The maximum Gasteiger partial charge on any atom is 0.285 e. The Balaban J connectivity index is 1.55. The maximum absolute atomic E-state index is 12.1. The van der Waals surface area contributed by atoms with Crippen LogP contribution < -0.4 is 11.3 Å². The molecule has 0 radical (unpaired) electrons. The van der Waals surface area contributed by atoms with Gasteiger partial charge in [0.25, 0.3) is 11.4 Å². The van der Waals surface area contributed by atoms with E-state index in [1.54, 1.807) is 6.26 Å². The SMILES string of the molecule is NCN1CCOCC1=Nc1o[nH]c(=O)c1CCc1ccc2occc2c1. The van der Waals surface area contributed by atoms with E-state index < -0.39 is 0 Å². The Morgan fingerprint density at radius 1 is 1.27 bits per heavy atom. The summed E-state index contributed by atoms with van der Waals surface area (Å²) in [6, 6.07) is 7.91. The van der Waals surface area contributed by atoms with E-state index in [9.17, 15) is 4.79 Å². The zero-order chi connectivity index (χ0) is 17.9. The zero-order valence-corrected chi connectivity index (χ0v) is 14.2. The van der Waals surface area contributed by atoms with Gasteiger partial charge in [-0.15, -0.1) is 0 Å². The Morgan fingerprint density at radius 2 is 2.19 bits per heavy atom. The standard InChI is InChI=1S/C18H20N4O4/c19-11-22-6-8-24-10-16(22)20-18-14(17(23)21-26-18)3-1-12-2-4-15-13(9-12)5-7-25-15/h2,4-5,7,9H,1,3,6,8,10-11,19H2,(H,21,23). The Hall–Kier alpha value is -2.84. The van der Waals surface area contributed by atoms with Crippen LogP contribution in [0.3, 0.4) is 0 Å². The molecule has 1 aromatic carbocycles. The van der Waals surface area contributed by atoms with Crippen LogP contribution in [0.25, 0.3) is 11.0 Å². The first-order valence-corrected chi connectivity index (χ1v) is 8.51. The van der Waals surface area contributed by atoms with E-state index in [-0.39, 0.29) is 5.56 Å². The molecule has 0 aliphatic carbocycles. The van der Waals surface area contributed by atoms with Crippen LogP contribution in [0.2, 0.25) is 0 Å². The van der Waals surface area contributed by atoms with Crippen LogP contribution in [-0.4, -0.2) is 42.3 Å². The second kappa shape index (κ2) is 7.19. The first-order valence-electron chi connectivity index (χ1n) is 8.51. The van der Waals surface area contributed by atoms with Crippen molar-refractivity contribution in [3.8, 4) is 0 Å². The number of furan rings is 1. The highest BCUT2D eigenvalue weighted by atomic mass is 16.5. The molecule has 4 rings (SSSR count). The predicted octanol–water partition coefficient (Wildman–Crippen LogP) is 1.78. The molecule has 8 heteroatoms. The third kappa shape index (κ3) is 3.29. The van der Waals surface area contributed by atoms with Gasteiger partial charge >= 0.3 is 0 Å². The van der Waals surface area contributed by atoms with E-state index in [2.05, 4.69) is 16.2 Å². The van der Waals surface area contributed by atoms with E-state index >= 15 is 0 Å². The van der Waals surface area contributed by atoms with Gasteiger partial charge < -0.3 is 24.3 Å². The van der Waals surface area contributed by atoms with Crippen LogP contribution in [-0.2, 0) is 17.6 Å². The molecule has 3 N–H and O–H groups in total. The summed E-state index contributed by atoms with van der Waals surface area (Å²) in [5.74, 6) is 0.959. The van der Waals surface area contributed by atoms with Crippen LogP contribution in [0.4, 0.5) is 5.88 Å². The van der Waals surface area contributed by atoms with Gasteiger partial charge in [0.1, 0.15) is 18.0 Å². The molecule has 1 aliphatic rings. The first kappa shape index (κ1) is 16.6. The number of amidine groups is 1. The van der Waals surface area contributed by atoms with Crippen molar-refractivity contribution in [3.63, 3.8) is 0 Å². The molecule has 3 aromatic rings. The lowest BCUT2D eigenvalue weighted by molar-refractivity contribution is 0.117. The Kier molecular flexibility index (Phi) is 4.59. The van der Waals surface area contributed by atoms with Gasteiger partial charge in [-0.2, -0.15) is 10.1 Å². The van der Waals surface area contributed by atoms with E-state index in [4.69, 9.17) is 19.4 Å². The van der Waals surface area contributed by atoms with Crippen LogP contribution in [0.1, 0.15) is 11.1 Å². The number of nitrogens with one attached hydrogen (secondary N) is 1. The summed E-state index contributed by atoms with van der Waals surface area (Å²) in [4.78, 5) is 18.5. The number of aryl methyl sites for hydroxylation is 1. The summed E-state index contributed by atoms with van der Waals surface area (Å²) in [6.45, 7) is 1.97. The summed E-state index contributed by atoms with van der Waals surface area (Å²) in [5, 5.41) is 3.42. The molecule has 0 bridgehead atoms. The summed E-state index contributed by atoms with van der Waals surface area (Å²) < 4.78 is 16.1. The molecular formula is C18H20N4O4. The van der Waals surface area contributed by atoms with Gasteiger partial charge in [-0.3, -0.25) is 4.79 Å². The number of benzene rings is 1. The normalized spacial score (nSPS) is 16.7. The van der Waals surface area contributed by atoms with Crippen molar-refractivity contribution in [2.24, 2.45) is 10.7 Å². The number of hydrogen-bond donors (Lipinski definition) is 2. The maximum atomic E-state index is 12.1. The van der Waals surface area contributed by atoms with Crippen LogP contribution in [0, 0.1) is 0 Å². The van der Waals surface area contributed by atoms with Crippen LogP contribution in [0.15, 0.2) is 49.3 Å². The highest BCUT2D eigenvalue weighted by Crippen LogP contribution is 2.21. The largest absolute Gasteiger partial charge is 0.464 e. The monoisotopic (exact) mass is 356 g/mol. The van der Waals surface area contributed by atoms with Gasteiger partial charge in [0, 0.05) is 11.9 Å². The topological polar surface area (TPSA) is 110 Å². The molecule has 1 aliphatic heterocycles. The fourth-order valence-corrected chi connectivity index (χ4v) is 3.04. The second-order valence-corrected chi connectivity index (χ2v) is 6.14. The minimum absolute atomic E-state index is 0.259. The second-order valence-electron chi connectivity index (χ2n) is 6.14. The lowest BCUT2D eigenvalue weighted by Crippen LogP contribution is -2.44. The van der Waals surface area contributed by atoms with Crippen molar-refractivity contribution in [1.82, 2.24) is 10.1 Å². The van der Waals surface area contributed by atoms with Crippen molar-refractivity contribution >= 4 is 22.7 Å². The number of ether oxygens (including phenoxy) is 1. The minimum atomic E-state index is -0.259. The molecule has 2 aromatic heterocycles. The molecule has 1 fully saturated rings. The van der Waals surface area contributed by atoms with Gasteiger partial charge in [-0.05, 0) is 36.6 Å². The first-order chi connectivity index (χ1) is 12.7. The number of aromatic amines is 1. The Labute approximate surface area is 149 Å². The smallest absolute Gasteiger partial charge is 0.285 e. The molecule has 0 saturated carbocycles. The number of hydrogen-bond acceptors (Lipinski definition) is 6. The molecule has 0 amide bonds. The zero-order valence-electron chi connectivity index (χ0n) is 14.2. The summed E-state index contributed by atoms with van der Waals surface area (Å²) in [7, 11) is 0. The number of fused-ring (bicyclic) bond motifs is 1. The molecule has 136 valence electrons. The van der Waals surface area contributed by atoms with Gasteiger partial charge in [0.15, 0.2) is 0 Å². The average molecular weight is 356 g/mol. The molecule has 0 atom stereocenters.